The first-order valence-electron chi connectivity index (χ1n) is 12.4. The third kappa shape index (κ3) is 7.69. The molecule has 3 rings (SSSR count). The first-order chi connectivity index (χ1) is 17.3. The Balaban J connectivity index is 1.56. The minimum absolute atomic E-state index is 0.122. The number of hydrogen-bond acceptors (Lipinski definition) is 6. The lowest BCUT2D eigenvalue weighted by Crippen LogP contribution is -2.48. The monoisotopic (exact) mass is 520 g/mol. The van der Waals surface area contributed by atoms with E-state index in [0.717, 1.165) is 50.1 Å². The van der Waals surface area contributed by atoms with Crippen LogP contribution in [-0.2, 0) is 11.0 Å². The van der Waals surface area contributed by atoms with Gasteiger partial charge in [-0.2, -0.15) is 18.4 Å². The summed E-state index contributed by atoms with van der Waals surface area (Å²) in [6.07, 6.45) is 1.01. The van der Waals surface area contributed by atoms with Crippen molar-refractivity contribution in [3.05, 3.63) is 41.6 Å². The van der Waals surface area contributed by atoms with Crippen molar-refractivity contribution in [2.75, 3.05) is 6.54 Å². The molecule has 2 aliphatic carbocycles. The van der Waals surface area contributed by atoms with Crippen molar-refractivity contribution in [2.24, 2.45) is 34.2 Å². The Kier molecular flexibility index (Phi) is 8.87. The number of halogens is 3. The third-order valence-electron chi connectivity index (χ3n) is 7.37. The van der Waals surface area contributed by atoms with E-state index in [2.05, 4.69) is 21.7 Å². The van der Waals surface area contributed by atoms with Crippen molar-refractivity contribution in [3.8, 4) is 6.07 Å². The molecular formula is C26H35F3N6O2. The van der Waals surface area contributed by atoms with Crippen LogP contribution in [0.1, 0.15) is 51.5 Å². The molecule has 3 atom stereocenters. The summed E-state index contributed by atoms with van der Waals surface area (Å²) in [5.41, 5.74) is 9.93. The average molecular weight is 521 g/mol. The second-order valence-electron chi connectivity index (χ2n) is 10.6. The second kappa shape index (κ2) is 11.5. The van der Waals surface area contributed by atoms with Gasteiger partial charge in [-0.3, -0.25) is 4.79 Å². The molecule has 2 saturated carbocycles. The summed E-state index contributed by atoms with van der Waals surface area (Å²) < 4.78 is 38.3. The second-order valence-corrected chi connectivity index (χ2v) is 10.6. The van der Waals surface area contributed by atoms with E-state index in [-0.39, 0.29) is 35.1 Å². The van der Waals surface area contributed by atoms with Gasteiger partial charge < -0.3 is 27.2 Å². The largest absolute Gasteiger partial charge is 0.416 e. The predicted molar refractivity (Wildman–Crippen MR) is 134 cm³/mol. The molecule has 1 aromatic rings. The zero-order valence-corrected chi connectivity index (χ0v) is 21.1. The summed E-state index contributed by atoms with van der Waals surface area (Å²) >= 11 is 0. The SMILES string of the molecule is CC(C)(O)C1CC(CN[C@H]2CC[C@@H](N/C=C(/C(N)=O)C(N)=Nc3ccc(C(F)(F)F)cc3)C(C#N)C2)C1. The van der Waals surface area contributed by atoms with Gasteiger partial charge in [0.2, 0.25) is 0 Å². The van der Waals surface area contributed by atoms with Crippen molar-refractivity contribution >= 4 is 17.4 Å². The Morgan fingerprint density at radius 2 is 1.84 bits per heavy atom. The number of nitriles is 1. The molecule has 2 fully saturated rings. The Hall–Kier alpha value is -3.10. The molecule has 8 nitrogen and oxygen atoms in total. The Labute approximate surface area is 215 Å². The number of amides is 1. The highest BCUT2D eigenvalue weighted by atomic mass is 19.4. The van der Waals surface area contributed by atoms with E-state index in [1.165, 1.54) is 6.20 Å². The van der Waals surface area contributed by atoms with Crippen molar-refractivity contribution in [1.29, 1.82) is 5.26 Å². The number of nitrogens with zero attached hydrogens (tertiary/aromatic N) is 2. The Bertz CT molecular complexity index is 1050. The number of aliphatic hydroxyl groups is 1. The number of amidine groups is 1. The number of aliphatic imine (C=N–C) groups is 1. The highest BCUT2D eigenvalue weighted by Gasteiger charge is 2.39. The van der Waals surface area contributed by atoms with Crippen molar-refractivity contribution in [3.63, 3.8) is 0 Å². The lowest BCUT2D eigenvalue weighted by Gasteiger charge is -2.43. The van der Waals surface area contributed by atoms with Gasteiger partial charge in [0.05, 0.1) is 34.4 Å². The first-order valence-corrected chi connectivity index (χ1v) is 12.4. The molecule has 0 saturated heterocycles. The number of hydrogen-bond donors (Lipinski definition) is 5. The summed E-state index contributed by atoms with van der Waals surface area (Å²) in [5.74, 6) is -0.550. The lowest BCUT2D eigenvalue weighted by atomic mass is 9.67. The van der Waals surface area contributed by atoms with Gasteiger partial charge >= 0.3 is 6.18 Å². The van der Waals surface area contributed by atoms with Crippen LogP contribution in [0.3, 0.4) is 0 Å². The molecule has 0 bridgehead atoms. The van der Waals surface area contributed by atoms with Crippen molar-refractivity contribution in [2.45, 2.75) is 69.8 Å². The van der Waals surface area contributed by atoms with Crippen LogP contribution in [-0.4, -0.2) is 41.1 Å². The van der Waals surface area contributed by atoms with Crippen LogP contribution in [0.5, 0.6) is 0 Å². The normalized spacial score (nSPS) is 27.2. The minimum Gasteiger partial charge on any atom is -0.390 e. The maximum absolute atomic E-state index is 12.8. The summed E-state index contributed by atoms with van der Waals surface area (Å²) in [4.78, 5) is 16.0. The Morgan fingerprint density at radius 3 is 2.38 bits per heavy atom. The number of benzene rings is 1. The van der Waals surface area contributed by atoms with E-state index in [0.29, 0.717) is 24.7 Å². The lowest BCUT2D eigenvalue weighted by molar-refractivity contribution is -0.137. The molecule has 0 radical (unpaired) electrons. The molecule has 2 aliphatic rings. The fourth-order valence-corrected chi connectivity index (χ4v) is 4.90. The zero-order valence-electron chi connectivity index (χ0n) is 21.1. The molecule has 0 spiro atoms. The van der Waals surface area contributed by atoms with Gasteiger partial charge in [0, 0.05) is 18.3 Å². The number of rotatable bonds is 9. The van der Waals surface area contributed by atoms with Gasteiger partial charge in [-0.15, -0.1) is 0 Å². The standard InChI is InChI=1S/C26H35F3N6O2/c1-25(2,37)18-9-15(10-18)13-33-20-7-8-22(16(11-20)12-30)34-14-21(24(32)36)23(31)35-19-5-3-17(4-6-19)26(27,28)29/h3-6,14-16,18,20,22,33-34,37H,7-11,13H2,1-2H3,(H2,31,35)(H2,32,36)/b21-14+/t15?,16?,18?,20-,22+/m0/s1. The molecule has 0 aromatic heterocycles. The van der Waals surface area contributed by atoms with E-state index in [4.69, 9.17) is 11.5 Å². The zero-order chi connectivity index (χ0) is 27.4. The summed E-state index contributed by atoms with van der Waals surface area (Å²) in [6.45, 7) is 4.55. The molecule has 1 amide bonds. The van der Waals surface area contributed by atoms with Crippen LogP contribution in [0.4, 0.5) is 18.9 Å². The van der Waals surface area contributed by atoms with E-state index >= 15 is 0 Å². The van der Waals surface area contributed by atoms with Crippen LogP contribution < -0.4 is 22.1 Å². The summed E-state index contributed by atoms with van der Waals surface area (Å²) in [5, 5.41) is 26.4. The van der Waals surface area contributed by atoms with Gasteiger partial charge in [0.25, 0.3) is 5.91 Å². The van der Waals surface area contributed by atoms with E-state index in [1.807, 2.05) is 13.8 Å². The molecule has 11 heteroatoms. The van der Waals surface area contributed by atoms with Gasteiger partial charge in [0.15, 0.2) is 0 Å². The third-order valence-corrected chi connectivity index (χ3v) is 7.37. The van der Waals surface area contributed by atoms with Crippen molar-refractivity contribution < 1.29 is 23.1 Å². The summed E-state index contributed by atoms with van der Waals surface area (Å²) in [6, 6.07) is 6.36. The van der Waals surface area contributed by atoms with Crippen LogP contribution in [0.25, 0.3) is 0 Å². The molecule has 7 N–H and O–H groups in total. The fourth-order valence-electron chi connectivity index (χ4n) is 4.90. The fraction of sp³-hybridized carbons (Fsp3) is 0.577. The topological polar surface area (TPSA) is 150 Å². The van der Waals surface area contributed by atoms with E-state index in [9.17, 15) is 28.3 Å². The molecule has 37 heavy (non-hydrogen) atoms. The number of carbonyl (C=O) groups is 1. The average Bonchev–Trinajstić information content (AvgIpc) is 2.77. The van der Waals surface area contributed by atoms with Gasteiger partial charge in [-0.25, -0.2) is 4.99 Å². The molecular weight excluding hydrogens is 485 g/mol. The molecule has 0 aliphatic heterocycles. The maximum Gasteiger partial charge on any atom is 0.416 e. The highest BCUT2D eigenvalue weighted by Crippen LogP contribution is 2.40. The number of nitrogens with one attached hydrogen (secondary N) is 2. The summed E-state index contributed by atoms with van der Waals surface area (Å²) in [7, 11) is 0. The van der Waals surface area contributed by atoms with Crippen molar-refractivity contribution in [1.82, 2.24) is 10.6 Å². The van der Waals surface area contributed by atoms with E-state index in [1.54, 1.807) is 0 Å². The molecule has 202 valence electrons. The first kappa shape index (κ1) is 28.5. The number of primary amides is 1. The van der Waals surface area contributed by atoms with Crippen LogP contribution >= 0.6 is 0 Å². The smallest absolute Gasteiger partial charge is 0.390 e. The number of nitrogens with two attached hydrogens (primary N) is 2. The minimum atomic E-state index is -4.47. The van der Waals surface area contributed by atoms with Crippen LogP contribution in [0.15, 0.2) is 41.0 Å². The molecule has 1 unspecified atom stereocenters. The van der Waals surface area contributed by atoms with Crippen LogP contribution in [0.2, 0.25) is 0 Å². The van der Waals surface area contributed by atoms with Gasteiger partial charge in [-0.05, 0) is 88.6 Å². The van der Waals surface area contributed by atoms with Gasteiger partial charge in [0.1, 0.15) is 5.84 Å². The highest BCUT2D eigenvalue weighted by molar-refractivity contribution is 6.20. The van der Waals surface area contributed by atoms with Gasteiger partial charge in [-0.1, -0.05) is 0 Å². The molecule has 1 aromatic carbocycles. The molecule has 0 heterocycles. The predicted octanol–water partition coefficient (Wildman–Crippen LogP) is 3.10. The van der Waals surface area contributed by atoms with Crippen LogP contribution in [0, 0.1) is 29.1 Å². The maximum atomic E-state index is 12.8. The number of carbonyl (C=O) groups excluding carboxylic acids is 1. The number of alkyl halides is 3. The Morgan fingerprint density at radius 1 is 1.19 bits per heavy atom. The quantitative estimate of drug-likeness (QED) is 0.192. The van der Waals surface area contributed by atoms with E-state index < -0.39 is 23.2 Å².